The zero-order chi connectivity index (χ0) is 19.6. The van der Waals surface area contributed by atoms with Crippen molar-refractivity contribution < 1.29 is 13.2 Å². The summed E-state index contributed by atoms with van der Waals surface area (Å²) in [5.74, 6) is -0.387. The minimum Gasteiger partial charge on any atom is -0.349 e. The predicted octanol–water partition coefficient (Wildman–Crippen LogP) is 2.31. The maximum absolute atomic E-state index is 12.7. The molecule has 1 saturated heterocycles. The topological polar surface area (TPSA) is 69.7 Å². The van der Waals surface area contributed by atoms with Gasteiger partial charge in [-0.15, -0.1) is 0 Å². The Morgan fingerprint density at radius 1 is 1.19 bits per heavy atom. The van der Waals surface area contributed by atoms with Gasteiger partial charge in [-0.05, 0) is 62.8 Å². The van der Waals surface area contributed by atoms with E-state index < -0.39 is 10.2 Å². The van der Waals surface area contributed by atoms with Crippen molar-refractivity contribution in [1.29, 1.82) is 0 Å². The average Bonchev–Trinajstić information content (AvgIpc) is 2.57. The second kappa shape index (κ2) is 8.06. The van der Waals surface area contributed by atoms with E-state index in [1.54, 1.807) is 0 Å². The van der Waals surface area contributed by atoms with Crippen LogP contribution in [0.1, 0.15) is 48.1 Å². The first-order valence-electron chi connectivity index (χ1n) is 9.09. The highest BCUT2D eigenvalue weighted by Crippen LogP contribution is 2.24. The number of hydrogen-bond donors (Lipinski definition) is 1. The number of carbonyl (C=O) groups is 1. The van der Waals surface area contributed by atoms with Crippen LogP contribution >= 0.6 is 0 Å². The summed E-state index contributed by atoms with van der Waals surface area (Å²) in [4.78, 5) is 12.7. The molecule has 1 fully saturated rings. The van der Waals surface area contributed by atoms with Gasteiger partial charge in [0.2, 0.25) is 5.91 Å². The van der Waals surface area contributed by atoms with Gasteiger partial charge in [-0.1, -0.05) is 12.1 Å². The molecule has 2 atom stereocenters. The molecule has 1 N–H and O–H groups in total. The number of carbonyl (C=O) groups excluding carboxylic acids is 1. The first-order valence-corrected chi connectivity index (χ1v) is 10.5. The molecule has 1 aromatic rings. The van der Waals surface area contributed by atoms with Crippen molar-refractivity contribution in [1.82, 2.24) is 13.9 Å². The van der Waals surface area contributed by atoms with Gasteiger partial charge in [0.05, 0.1) is 12.0 Å². The Kier molecular flexibility index (Phi) is 6.47. The summed E-state index contributed by atoms with van der Waals surface area (Å²) in [5.41, 5.74) is 4.70. The van der Waals surface area contributed by atoms with Crippen LogP contribution in [0.25, 0.3) is 0 Å². The van der Waals surface area contributed by atoms with Crippen LogP contribution in [-0.2, 0) is 15.0 Å². The maximum atomic E-state index is 12.7. The molecule has 6 nitrogen and oxygen atoms in total. The monoisotopic (exact) mass is 381 g/mol. The van der Waals surface area contributed by atoms with Gasteiger partial charge in [0.15, 0.2) is 0 Å². The minimum atomic E-state index is -3.48. The largest absolute Gasteiger partial charge is 0.349 e. The van der Waals surface area contributed by atoms with Gasteiger partial charge in [0.25, 0.3) is 10.2 Å². The fraction of sp³-hybridized carbons (Fsp3) is 0.632. The SMILES string of the molecule is Cc1cc(C)c([C@@H](C)NC(=O)[C@H]2CCCN(S(=O)(=O)N(C)C)C2)cc1C. The second-order valence-electron chi connectivity index (χ2n) is 7.51. The molecule has 0 unspecified atom stereocenters. The van der Waals surface area contributed by atoms with Gasteiger partial charge in [-0.2, -0.15) is 17.0 Å². The van der Waals surface area contributed by atoms with Crippen molar-refractivity contribution in [3.05, 3.63) is 34.4 Å². The Bertz CT molecular complexity index is 774. The van der Waals surface area contributed by atoms with E-state index in [0.29, 0.717) is 19.4 Å². The van der Waals surface area contributed by atoms with Gasteiger partial charge in [0.1, 0.15) is 0 Å². The van der Waals surface area contributed by atoms with Crippen molar-refractivity contribution >= 4 is 16.1 Å². The molecule has 0 aromatic heterocycles. The number of nitrogens with zero attached hydrogens (tertiary/aromatic N) is 2. The highest BCUT2D eigenvalue weighted by molar-refractivity contribution is 7.86. The van der Waals surface area contributed by atoms with Crippen molar-refractivity contribution in [3.63, 3.8) is 0 Å². The maximum Gasteiger partial charge on any atom is 0.281 e. The molecule has 1 amide bonds. The standard InChI is InChI=1S/C19H31N3O3S/c1-13-10-15(3)18(11-14(13)2)16(4)20-19(23)17-8-7-9-22(12-17)26(24,25)21(5)6/h10-11,16-17H,7-9,12H2,1-6H3,(H,20,23)/t16-,17+/m1/s1. The van der Waals surface area contributed by atoms with Crippen molar-refractivity contribution in [2.45, 2.75) is 46.6 Å². The molecule has 1 aliphatic heterocycles. The van der Waals surface area contributed by atoms with Crippen molar-refractivity contribution in [2.24, 2.45) is 5.92 Å². The third-order valence-corrected chi connectivity index (χ3v) is 7.16. The summed E-state index contributed by atoms with van der Waals surface area (Å²) >= 11 is 0. The van der Waals surface area contributed by atoms with E-state index in [1.807, 2.05) is 6.92 Å². The first-order chi connectivity index (χ1) is 12.0. The van der Waals surface area contributed by atoms with Gasteiger partial charge < -0.3 is 5.32 Å². The molecule has 0 radical (unpaired) electrons. The molecule has 0 spiro atoms. The summed E-state index contributed by atoms with van der Waals surface area (Å²) in [6, 6.07) is 4.15. The normalized spacial score (nSPS) is 20.2. The smallest absolute Gasteiger partial charge is 0.281 e. The summed E-state index contributed by atoms with van der Waals surface area (Å²) < 4.78 is 27.3. The lowest BCUT2D eigenvalue weighted by Crippen LogP contribution is -2.49. The minimum absolute atomic E-state index is 0.0752. The number of rotatable bonds is 5. The molecule has 1 heterocycles. The Hall–Kier alpha value is -1.44. The summed E-state index contributed by atoms with van der Waals surface area (Å²) in [5, 5.41) is 3.08. The molecule has 146 valence electrons. The van der Waals surface area contributed by atoms with E-state index in [0.717, 1.165) is 11.1 Å². The van der Waals surface area contributed by atoms with Gasteiger partial charge in [-0.25, -0.2) is 0 Å². The van der Waals surface area contributed by atoms with Crippen LogP contribution in [0.4, 0.5) is 0 Å². The van der Waals surface area contributed by atoms with Crippen molar-refractivity contribution in [2.75, 3.05) is 27.2 Å². The van der Waals surface area contributed by atoms with E-state index in [1.165, 1.54) is 33.8 Å². The summed E-state index contributed by atoms with van der Waals surface area (Å²) in [6.07, 6.45) is 1.41. The second-order valence-corrected chi connectivity index (χ2v) is 9.65. The lowest BCUT2D eigenvalue weighted by molar-refractivity contribution is -0.126. The van der Waals surface area contributed by atoms with Gasteiger partial charge in [-0.3, -0.25) is 4.79 Å². The van der Waals surface area contributed by atoms with Crippen LogP contribution in [0, 0.1) is 26.7 Å². The van der Waals surface area contributed by atoms with Crippen LogP contribution in [0.15, 0.2) is 12.1 Å². The Balaban J connectivity index is 2.09. The lowest BCUT2D eigenvalue weighted by atomic mass is 9.95. The first kappa shape index (κ1) is 20.9. The Morgan fingerprint density at radius 2 is 1.81 bits per heavy atom. The molecule has 7 heteroatoms. The lowest BCUT2D eigenvalue weighted by Gasteiger charge is -2.33. The molecular formula is C19H31N3O3S. The van der Waals surface area contributed by atoms with Gasteiger partial charge >= 0.3 is 0 Å². The Morgan fingerprint density at radius 3 is 2.42 bits per heavy atom. The van der Waals surface area contributed by atoms with Crippen LogP contribution in [0.3, 0.4) is 0 Å². The number of hydrogen-bond acceptors (Lipinski definition) is 3. The number of piperidine rings is 1. The van der Waals surface area contributed by atoms with Crippen LogP contribution < -0.4 is 5.32 Å². The third kappa shape index (κ3) is 4.45. The van der Waals surface area contributed by atoms with E-state index in [4.69, 9.17) is 0 Å². The molecule has 0 bridgehead atoms. The zero-order valence-corrected chi connectivity index (χ0v) is 17.5. The Labute approximate surface area is 157 Å². The van der Waals surface area contributed by atoms with Gasteiger partial charge in [0, 0.05) is 27.2 Å². The van der Waals surface area contributed by atoms with E-state index in [-0.39, 0.29) is 24.4 Å². The summed E-state index contributed by atoms with van der Waals surface area (Å²) in [7, 11) is -0.443. The van der Waals surface area contributed by atoms with E-state index >= 15 is 0 Å². The average molecular weight is 382 g/mol. The van der Waals surface area contributed by atoms with Crippen LogP contribution in [0.2, 0.25) is 0 Å². The molecule has 1 aliphatic rings. The zero-order valence-electron chi connectivity index (χ0n) is 16.7. The van der Waals surface area contributed by atoms with Crippen LogP contribution in [-0.4, -0.2) is 50.1 Å². The number of amides is 1. The predicted molar refractivity (Wildman–Crippen MR) is 104 cm³/mol. The molecule has 0 saturated carbocycles. The number of benzene rings is 1. The highest BCUT2D eigenvalue weighted by Gasteiger charge is 2.33. The summed E-state index contributed by atoms with van der Waals surface area (Å²) in [6.45, 7) is 8.89. The fourth-order valence-corrected chi connectivity index (χ4v) is 4.65. The van der Waals surface area contributed by atoms with E-state index in [2.05, 4.69) is 38.2 Å². The van der Waals surface area contributed by atoms with E-state index in [9.17, 15) is 13.2 Å². The fourth-order valence-electron chi connectivity index (χ4n) is 3.46. The quantitative estimate of drug-likeness (QED) is 0.851. The molecule has 2 rings (SSSR count). The number of aryl methyl sites for hydroxylation is 3. The molecular weight excluding hydrogens is 350 g/mol. The number of nitrogens with one attached hydrogen (secondary N) is 1. The molecule has 1 aromatic carbocycles. The molecule has 26 heavy (non-hydrogen) atoms. The molecule has 0 aliphatic carbocycles. The third-order valence-electron chi connectivity index (χ3n) is 5.25. The van der Waals surface area contributed by atoms with Crippen molar-refractivity contribution in [3.8, 4) is 0 Å². The van der Waals surface area contributed by atoms with Crippen LogP contribution in [0.5, 0.6) is 0 Å². The highest BCUT2D eigenvalue weighted by atomic mass is 32.2.